The lowest BCUT2D eigenvalue weighted by Gasteiger charge is -2.24. The van der Waals surface area contributed by atoms with E-state index in [1.54, 1.807) is 6.07 Å². The summed E-state index contributed by atoms with van der Waals surface area (Å²) in [6, 6.07) is 5.01. The van der Waals surface area contributed by atoms with E-state index in [1.165, 1.54) is 6.07 Å². The molecule has 0 radical (unpaired) electrons. The molecule has 1 fully saturated rings. The fourth-order valence-electron chi connectivity index (χ4n) is 2.16. The third-order valence-corrected chi connectivity index (χ3v) is 3.00. The number of hydrogen-bond acceptors (Lipinski definition) is 3. The molecule has 1 aromatic rings. The van der Waals surface area contributed by atoms with E-state index in [0.29, 0.717) is 6.54 Å². The van der Waals surface area contributed by atoms with Gasteiger partial charge in [-0.25, -0.2) is 4.39 Å². The highest BCUT2D eigenvalue weighted by Gasteiger charge is 2.16. The number of ether oxygens (including phenoxy) is 1. The van der Waals surface area contributed by atoms with Crippen molar-refractivity contribution in [1.82, 2.24) is 0 Å². The Hall–Kier alpha value is -1.13. The SMILES string of the molecule is CC1CN(c2cc(F)cc(CN)c2)CCCO1. The summed E-state index contributed by atoms with van der Waals surface area (Å²) >= 11 is 0. The van der Waals surface area contributed by atoms with Gasteiger partial charge in [-0.2, -0.15) is 0 Å². The van der Waals surface area contributed by atoms with Gasteiger partial charge in [-0.3, -0.25) is 0 Å². The van der Waals surface area contributed by atoms with Gasteiger partial charge < -0.3 is 15.4 Å². The molecule has 0 aliphatic carbocycles. The predicted molar refractivity (Wildman–Crippen MR) is 66.5 cm³/mol. The number of anilines is 1. The quantitative estimate of drug-likeness (QED) is 0.855. The van der Waals surface area contributed by atoms with Gasteiger partial charge in [0.2, 0.25) is 0 Å². The minimum Gasteiger partial charge on any atom is -0.377 e. The Morgan fingerprint density at radius 2 is 2.29 bits per heavy atom. The van der Waals surface area contributed by atoms with Crippen molar-refractivity contribution in [1.29, 1.82) is 0 Å². The summed E-state index contributed by atoms with van der Waals surface area (Å²) in [5.74, 6) is -0.222. The Balaban J connectivity index is 2.22. The van der Waals surface area contributed by atoms with Crippen LogP contribution in [0.3, 0.4) is 0 Å². The molecule has 1 aliphatic rings. The Morgan fingerprint density at radius 3 is 3.06 bits per heavy atom. The molecule has 94 valence electrons. The van der Waals surface area contributed by atoms with Crippen LogP contribution in [0, 0.1) is 5.82 Å². The lowest BCUT2D eigenvalue weighted by atomic mass is 10.1. The smallest absolute Gasteiger partial charge is 0.125 e. The molecule has 0 spiro atoms. The Morgan fingerprint density at radius 1 is 1.47 bits per heavy atom. The van der Waals surface area contributed by atoms with Crippen molar-refractivity contribution in [2.24, 2.45) is 5.73 Å². The number of halogens is 1. The minimum absolute atomic E-state index is 0.182. The van der Waals surface area contributed by atoms with Crippen molar-refractivity contribution in [3.05, 3.63) is 29.6 Å². The number of nitrogens with two attached hydrogens (primary N) is 1. The third kappa shape index (κ3) is 3.17. The van der Waals surface area contributed by atoms with Gasteiger partial charge in [-0.05, 0) is 37.1 Å². The first-order valence-corrected chi connectivity index (χ1v) is 6.05. The second-order valence-corrected chi connectivity index (χ2v) is 4.50. The molecule has 1 heterocycles. The van der Waals surface area contributed by atoms with E-state index in [2.05, 4.69) is 4.90 Å². The number of rotatable bonds is 2. The first kappa shape index (κ1) is 12.3. The third-order valence-electron chi connectivity index (χ3n) is 3.00. The first-order chi connectivity index (χ1) is 8.19. The highest BCUT2D eigenvalue weighted by molar-refractivity contribution is 5.49. The molecule has 1 aliphatic heterocycles. The van der Waals surface area contributed by atoms with E-state index in [0.717, 1.165) is 37.4 Å². The average Bonchev–Trinajstić information content (AvgIpc) is 2.53. The first-order valence-electron chi connectivity index (χ1n) is 6.05. The van der Waals surface area contributed by atoms with Crippen LogP contribution in [-0.4, -0.2) is 25.8 Å². The Labute approximate surface area is 101 Å². The van der Waals surface area contributed by atoms with Crippen molar-refractivity contribution in [2.45, 2.75) is 26.0 Å². The average molecular weight is 238 g/mol. The molecule has 2 rings (SSSR count). The summed E-state index contributed by atoms with van der Waals surface area (Å²) in [4.78, 5) is 2.17. The maximum Gasteiger partial charge on any atom is 0.125 e. The summed E-state index contributed by atoms with van der Waals surface area (Å²) in [7, 11) is 0. The molecule has 1 unspecified atom stereocenters. The van der Waals surface area contributed by atoms with Gasteiger partial charge in [0, 0.05) is 31.9 Å². The highest BCUT2D eigenvalue weighted by Crippen LogP contribution is 2.21. The van der Waals surface area contributed by atoms with E-state index >= 15 is 0 Å². The topological polar surface area (TPSA) is 38.5 Å². The van der Waals surface area contributed by atoms with E-state index in [9.17, 15) is 4.39 Å². The molecule has 0 saturated carbocycles. The number of hydrogen-bond donors (Lipinski definition) is 1. The molecule has 0 bridgehead atoms. The zero-order valence-corrected chi connectivity index (χ0v) is 10.2. The maximum absolute atomic E-state index is 13.5. The van der Waals surface area contributed by atoms with Crippen molar-refractivity contribution in [2.75, 3.05) is 24.6 Å². The van der Waals surface area contributed by atoms with Crippen LogP contribution < -0.4 is 10.6 Å². The fourth-order valence-corrected chi connectivity index (χ4v) is 2.16. The van der Waals surface area contributed by atoms with Crippen LogP contribution >= 0.6 is 0 Å². The van der Waals surface area contributed by atoms with Gasteiger partial charge in [0.15, 0.2) is 0 Å². The van der Waals surface area contributed by atoms with E-state index < -0.39 is 0 Å². The summed E-state index contributed by atoms with van der Waals surface area (Å²) in [5.41, 5.74) is 7.30. The van der Waals surface area contributed by atoms with Gasteiger partial charge in [0.25, 0.3) is 0 Å². The molecule has 0 amide bonds. The summed E-state index contributed by atoms with van der Waals surface area (Å²) in [6.45, 7) is 4.88. The van der Waals surface area contributed by atoms with Gasteiger partial charge in [-0.1, -0.05) is 0 Å². The lowest BCUT2D eigenvalue weighted by Crippen LogP contribution is -2.30. The Bertz CT molecular complexity index is 384. The number of benzene rings is 1. The predicted octanol–water partition coefficient (Wildman–Crippen LogP) is 1.90. The second-order valence-electron chi connectivity index (χ2n) is 4.50. The van der Waals surface area contributed by atoms with Gasteiger partial charge in [-0.15, -0.1) is 0 Å². The zero-order valence-electron chi connectivity index (χ0n) is 10.2. The molecule has 3 nitrogen and oxygen atoms in total. The summed E-state index contributed by atoms with van der Waals surface area (Å²) in [6.07, 6.45) is 1.15. The van der Waals surface area contributed by atoms with E-state index in [4.69, 9.17) is 10.5 Å². The molecular weight excluding hydrogens is 219 g/mol. The van der Waals surface area contributed by atoms with E-state index in [1.807, 2.05) is 13.0 Å². The van der Waals surface area contributed by atoms with Gasteiger partial charge >= 0.3 is 0 Å². The molecule has 2 N–H and O–H groups in total. The van der Waals surface area contributed by atoms with Crippen LogP contribution in [-0.2, 0) is 11.3 Å². The van der Waals surface area contributed by atoms with Crippen LogP contribution in [0.4, 0.5) is 10.1 Å². The van der Waals surface area contributed by atoms with Crippen LogP contribution in [0.15, 0.2) is 18.2 Å². The molecular formula is C13H19FN2O. The molecule has 0 aromatic heterocycles. The number of nitrogens with zero attached hydrogens (tertiary/aromatic N) is 1. The molecule has 1 saturated heterocycles. The van der Waals surface area contributed by atoms with E-state index in [-0.39, 0.29) is 11.9 Å². The standard InChI is InChI=1S/C13H19FN2O/c1-10-9-16(3-2-4-17-10)13-6-11(8-15)5-12(14)7-13/h5-7,10H,2-4,8-9,15H2,1H3. The normalized spacial score (nSPS) is 21.4. The molecule has 1 atom stereocenters. The second kappa shape index (κ2) is 5.47. The molecule has 4 heteroatoms. The lowest BCUT2D eigenvalue weighted by molar-refractivity contribution is 0.0821. The summed E-state index contributed by atoms with van der Waals surface area (Å²) in [5, 5.41) is 0. The fraction of sp³-hybridized carbons (Fsp3) is 0.538. The van der Waals surface area contributed by atoms with Crippen LogP contribution in [0.2, 0.25) is 0 Å². The molecule has 17 heavy (non-hydrogen) atoms. The Kier molecular flexibility index (Phi) is 3.97. The van der Waals surface area contributed by atoms with Crippen LogP contribution in [0.5, 0.6) is 0 Å². The van der Waals surface area contributed by atoms with Crippen molar-refractivity contribution in [3.63, 3.8) is 0 Å². The molecule has 1 aromatic carbocycles. The van der Waals surface area contributed by atoms with Gasteiger partial charge in [0.05, 0.1) is 6.10 Å². The van der Waals surface area contributed by atoms with Crippen molar-refractivity contribution >= 4 is 5.69 Å². The largest absolute Gasteiger partial charge is 0.377 e. The monoisotopic (exact) mass is 238 g/mol. The van der Waals surface area contributed by atoms with Crippen molar-refractivity contribution < 1.29 is 9.13 Å². The summed E-state index contributed by atoms with van der Waals surface area (Å²) < 4.78 is 19.0. The van der Waals surface area contributed by atoms with Crippen LogP contribution in [0.25, 0.3) is 0 Å². The maximum atomic E-state index is 13.5. The minimum atomic E-state index is -0.222. The van der Waals surface area contributed by atoms with Crippen LogP contribution in [0.1, 0.15) is 18.9 Å². The van der Waals surface area contributed by atoms with Gasteiger partial charge in [0.1, 0.15) is 5.82 Å². The van der Waals surface area contributed by atoms with Crippen molar-refractivity contribution in [3.8, 4) is 0 Å². The zero-order chi connectivity index (χ0) is 12.3. The highest BCUT2D eigenvalue weighted by atomic mass is 19.1.